The lowest BCUT2D eigenvalue weighted by Crippen LogP contribution is -2.56. The Balaban J connectivity index is 0.00000225. The van der Waals surface area contributed by atoms with Gasteiger partial charge in [-0.15, -0.1) is 12.4 Å². The number of hydrogen-bond acceptors (Lipinski definition) is 5. The zero-order valence-electron chi connectivity index (χ0n) is 13.9. The van der Waals surface area contributed by atoms with Crippen LogP contribution in [0.2, 0.25) is 0 Å². The second kappa shape index (κ2) is 9.15. The minimum atomic E-state index is -0.641. The zero-order chi connectivity index (χ0) is 16.9. The van der Waals surface area contributed by atoms with Crippen molar-refractivity contribution in [2.24, 2.45) is 5.92 Å². The Bertz CT molecular complexity index is 587. The highest BCUT2D eigenvalue weighted by molar-refractivity contribution is 5.89. The first-order chi connectivity index (χ1) is 11.6. The third-order valence-corrected chi connectivity index (χ3v) is 4.54. The Hall–Kier alpha value is -1.67. The highest BCUT2D eigenvalue weighted by Gasteiger charge is 2.35. The van der Waals surface area contributed by atoms with E-state index in [9.17, 15) is 14.7 Å². The number of nitrogens with zero attached hydrogens (tertiary/aromatic N) is 1. The van der Waals surface area contributed by atoms with Crippen molar-refractivity contribution in [1.29, 1.82) is 0 Å². The van der Waals surface area contributed by atoms with Gasteiger partial charge in [0.05, 0.1) is 12.7 Å². The van der Waals surface area contributed by atoms with Crippen molar-refractivity contribution in [3.05, 3.63) is 35.9 Å². The molecule has 3 rings (SSSR count). The van der Waals surface area contributed by atoms with Crippen LogP contribution >= 0.6 is 12.4 Å². The van der Waals surface area contributed by atoms with Crippen LogP contribution in [0.3, 0.4) is 0 Å². The largest absolute Gasteiger partial charge is 0.391 e. The highest BCUT2D eigenvalue weighted by Crippen LogP contribution is 2.14. The molecule has 2 heterocycles. The summed E-state index contributed by atoms with van der Waals surface area (Å²) in [5, 5.41) is 15.7. The van der Waals surface area contributed by atoms with Gasteiger partial charge in [0.15, 0.2) is 0 Å². The maximum atomic E-state index is 12.5. The lowest BCUT2D eigenvalue weighted by atomic mass is 10.1. The smallest absolute Gasteiger partial charge is 0.249 e. The normalized spacial score (nSPS) is 26.2. The van der Waals surface area contributed by atoms with Crippen LogP contribution in [-0.4, -0.2) is 66.8 Å². The molecular weight excluding hydrogens is 346 g/mol. The zero-order valence-corrected chi connectivity index (χ0v) is 14.7. The number of morpholine rings is 1. The molecule has 2 amide bonds. The van der Waals surface area contributed by atoms with Crippen LogP contribution in [0.1, 0.15) is 5.56 Å². The number of aliphatic hydroxyl groups excluding tert-OH is 1. The van der Waals surface area contributed by atoms with Gasteiger partial charge in [-0.2, -0.15) is 0 Å². The number of carbonyl (C=O) groups excluding carboxylic acids is 2. The van der Waals surface area contributed by atoms with Crippen LogP contribution in [0.25, 0.3) is 0 Å². The van der Waals surface area contributed by atoms with Crippen molar-refractivity contribution >= 4 is 24.2 Å². The number of aliphatic hydroxyl groups is 1. The summed E-state index contributed by atoms with van der Waals surface area (Å²) in [6.45, 7) is 2.18. The SMILES string of the molecule is Cl.O=C(NCC1CNCC1O)[C@H]1COCC(=O)N1Cc1ccccc1. The average Bonchev–Trinajstić information content (AvgIpc) is 3.00. The predicted octanol–water partition coefficient (Wildman–Crippen LogP) is -0.468. The van der Waals surface area contributed by atoms with Gasteiger partial charge in [0, 0.05) is 32.1 Å². The first-order valence-corrected chi connectivity index (χ1v) is 8.23. The molecule has 2 aliphatic heterocycles. The first-order valence-electron chi connectivity index (χ1n) is 8.23. The molecule has 2 unspecified atom stereocenters. The Morgan fingerprint density at radius 1 is 1.32 bits per heavy atom. The minimum Gasteiger partial charge on any atom is -0.391 e. The van der Waals surface area contributed by atoms with Gasteiger partial charge < -0.3 is 25.4 Å². The molecule has 138 valence electrons. The maximum Gasteiger partial charge on any atom is 0.249 e. The number of carbonyl (C=O) groups is 2. The predicted molar refractivity (Wildman–Crippen MR) is 94.2 cm³/mol. The number of nitrogens with one attached hydrogen (secondary N) is 2. The second-order valence-corrected chi connectivity index (χ2v) is 6.27. The molecule has 0 aromatic heterocycles. The molecule has 2 saturated heterocycles. The molecule has 3 atom stereocenters. The number of halogens is 1. The van der Waals surface area contributed by atoms with Gasteiger partial charge in [0.25, 0.3) is 0 Å². The Kier molecular flexibility index (Phi) is 7.19. The van der Waals surface area contributed by atoms with Crippen LogP contribution in [0.4, 0.5) is 0 Å². The topological polar surface area (TPSA) is 90.9 Å². The maximum absolute atomic E-state index is 12.5. The van der Waals surface area contributed by atoms with Crippen molar-refractivity contribution in [3.8, 4) is 0 Å². The molecule has 0 spiro atoms. The van der Waals surface area contributed by atoms with Crippen LogP contribution < -0.4 is 10.6 Å². The fraction of sp³-hybridized carbons (Fsp3) is 0.529. The molecule has 2 fully saturated rings. The summed E-state index contributed by atoms with van der Waals surface area (Å²) >= 11 is 0. The number of hydrogen-bond donors (Lipinski definition) is 3. The van der Waals surface area contributed by atoms with Gasteiger partial charge >= 0.3 is 0 Å². The summed E-state index contributed by atoms with van der Waals surface area (Å²) in [4.78, 5) is 26.3. The fourth-order valence-electron chi connectivity index (χ4n) is 3.08. The van der Waals surface area contributed by atoms with Crippen LogP contribution in [-0.2, 0) is 20.9 Å². The van der Waals surface area contributed by atoms with E-state index in [2.05, 4.69) is 10.6 Å². The molecule has 0 saturated carbocycles. The Morgan fingerprint density at radius 2 is 2.08 bits per heavy atom. The summed E-state index contributed by atoms with van der Waals surface area (Å²) in [6.07, 6.45) is -0.449. The van der Waals surface area contributed by atoms with E-state index < -0.39 is 12.1 Å². The fourth-order valence-corrected chi connectivity index (χ4v) is 3.08. The van der Waals surface area contributed by atoms with Crippen molar-refractivity contribution in [2.75, 3.05) is 32.8 Å². The molecule has 1 aromatic rings. The van der Waals surface area contributed by atoms with Gasteiger partial charge in [0.2, 0.25) is 11.8 Å². The Labute approximate surface area is 153 Å². The number of ether oxygens (including phenoxy) is 1. The summed E-state index contributed by atoms with van der Waals surface area (Å²) < 4.78 is 5.26. The number of benzene rings is 1. The van der Waals surface area contributed by atoms with Gasteiger partial charge in [-0.3, -0.25) is 9.59 Å². The third-order valence-electron chi connectivity index (χ3n) is 4.54. The summed E-state index contributed by atoms with van der Waals surface area (Å²) in [5.41, 5.74) is 0.973. The van der Waals surface area contributed by atoms with E-state index in [1.807, 2.05) is 30.3 Å². The molecular formula is C17H24ClN3O4. The van der Waals surface area contributed by atoms with Crippen molar-refractivity contribution < 1.29 is 19.4 Å². The van der Waals surface area contributed by atoms with Crippen molar-refractivity contribution in [1.82, 2.24) is 15.5 Å². The van der Waals surface area contributed by atoms with Gasteiger partial charge in [-0.25, -0.2) is 0 Å². The monoisotopic (exact) mass is 369 g/mol. The van der Waals surface area contributed by atoms with Crippen LogP contribution in [0.15, 0.2) is 30.3 Å². The van der Waals surface area contributed by atoms with E-state index in [0.29, 0.717) is 26.2 Å². The van der Waals surface area contributed by atoms with E-state index in [4.69, 9.17) is 4.74 Å². The number of rotatable bonds is 5. The summed E-state index contributed by atoms with van der Waals surface area (Å²) in [6, 6.07) is 8.94. The molecule has 3 N–H and O–H groups in total. The molecule has 7 nitrogen and oxygen atoms in total. The first kappa shape index (κ1) is 19.7. The summed E-state index contributed by atoms with van der Waals surface area (Å²) in [7, 11) is 0. The molecule has 0 aliphatic carbocycles. The molecule has 2 aliphatic rings. The average molecular weight is 370 g/mol. The molecule has 8 heteroatoms. The lowest BCUT2D eigenvalue weighted by molar-refractivity contribution is -0.155. The summed E-state index contributed by atoms with van der Waals surface area (Å²) in [5.74, 6) is -0.428. The van der Waals surface area contributed by atoms with Gasteiger partial charge in [-0.1, -0.05) is 30.3 Å². The van der Waals surface area contributed by atoms with E-state index in [1.165, 1.54) is 0 Å². The molecule has 0 bridgehead atoms. The Morgan fingerprint density at radius 3 is 2.76 bits per heavy atom. The van der Waals surface area contributed by atoms with Crippen LogP contribution in [0.5, 0.6) is 0 Å². The third kappa shape index (κ3) is 4.92. The molecule has 25 heavy (non-hydrogen) atoms. The quantitative estimate of drug-likeness (QED) is 0.653. The molecule has 1 aromatic carbocycles. The lowest BCUT2D eigenvalue weighted by Gasteiger charge is -2.34. The van der Waals surface area contributed by atoms with Crippen LogP contribution in [0, 0.1) is 5.92 Å². The van der Waals surface area contributed by atoms with Crippen molar-refractivity contribution in [3.63, 3.8) is 0 Å². The highest BCUT2D eigenvalue weighted by atomic mass is 35.5. The number of amides is 2. The minimum absolute atomic E-state index is 0. The van der Waals surface area contributed by atoms with Gasteiger partial charge in [-0.05, 0) is 5.56 Å². The number of β-amino-alcohol motifs (C(OH)–C–C–N with tert-alkyl or cyclic N) is 1. The second-order valence-electron chi connectivity index (χ2n) is 6.27. The van der Waals surface area contributed by atoms with E-state index in [1.54, 1.807) is 4.90 Å². The standard InChI is InChI=1S/C17H23N3O4.ClH/c21-15-8-18-6-13(15)7-19-17(23)14-10-24-11-16(22)20(14)9-12-4-2-1-3-5-12;/h1-5,13-15,18,21H,6-11H2,(H,19,23);1H/t13?,14-,15?;/m1./s1. The van der Waals surface area contributed by atoms with E-state index in [0.717, 1.165) is 5.56 Å². The van der Waals surface area contributed by atoms with E-state index in [-0.39, 0.29) is 43.4 Å². The molecule has 0 radical (unpaired) electrons. The van der Waals surface area contributed by atoms with E-state index >= 15 is 0 Å². The van der Waals surface area contributed by atoms with Gasteiger partial charge in [0.1, 0.15) is 12.6 Å². The van der Waals surface area contributed by atoms with Crippen molar-refractivity contribution in [2.45, 2.75) is 18.7 Å².